The average molecular weight is 405 g/mol. The Morgan fingerprint density at radius 1 is 1.07 bits per heavy atom. The molecule has 7 heteroatoms. The number of benzene rings is 1. The minimum Gasteiger partial charge on any atom is -0.343 e. The molecule has 1 aliphatic heterocycles. The first-order valence-electron chi connectivity index (χ1n) is 10.5. The highest BCUT2D eigenvalue weighted by molar-refractivity contribution is 6.04. The van der Waals surface area contributed by atoms with Crippen molar-refractivity contribution in [3.63, 3.8) is 0 Å². The second-order valence-electron chi connectivity index (χ2n) is 8.14. The van der Waals surface area contributed by atoms with Crippen molar-refractivity contribution in [3.05, 3.63) is 60.4 Å². The Kier molecular flexibility index (Phi) is 4.94. The molecule has 2 aromatic heterocycles. The van der Waals surface area contributed by atoms with Gasteiger partial charge in [0.15, 0.2) is 0 Å². The van der Waals surface area contributed by atoms with Gasteiger partial charge >= 0.3 is 0 Å². The lowest BCUT2D eigenvalue weighted by molar-refractivity contribution is 0.101. The molecule has 1 amide bonds. The topological polar surface area (TPSA) is 63.1 Å². The zero-order valence-corrected chi connectivity index (χ0v) is 16.7. The third-order valence-electron chi connectivity index (χ3n) is 5.74. The van der Waals surface area contributed by atoms with Gasteiger partial charge in [0, 0.05) is 55.0 Å². The highest BCUT2D eigenvalue weighted by Gasteiger charge is 2.25. The summed E-state index contributed by atoms with van der Waals surface area (Å²) >= 11 is 0. The number of hydrogen-bond acceptors (Lipinski definition) is 4. The van der Waals surface area contributed by atoms with E-state index in [1.54, 1.807) is 12.1 Å². The van der Waals surface area contributed by atoms with E-state index in [9.17, 15) is 9.18 Å². The molecule has 1 saturated carbocycles. The number of anilines is 2. The summed E-state index contributed by atoms with van der Waals surface area (Å²) < 4.78 is 15.2. The van der Waals surface area contributed by atoms with Gasteiger partial charge in [0.1, 0.15) is 11.5 Å². The maximum Gasteiger partial charge on any atom is 0.272 e. The van der Waals surface area contributed by atoms with Crippen molar-refractivity contribution >= 4 is 17.5 Å². The maximum atomic E-state index is 13.1. The maximum absolute atomic E-state index is 13.1. The Bertz CT molecular complexity index is 1030. The number of aromatic nitrogens is 3. The van der Waals surface area contributed by atoms with Crippen molar-refractivity contribution in [2.24, 2.45) is 5.92 Å². The van der Waals surface area contributed by atoms with E-state index in [4.69, 9.17) is 0 Å². The minimum absolute atomic E-state index is 0.205. The van der Waals surface area contributed by atoms with Crippen LogP contribution in [-0.4, -0.2) is 33.5 Å². The molecule has 0 radical (unpaired) electrons. The third kappa shape index (κ3) is 4.06. The summed E-state index contributed by atoms with van der Waals surface area (Å²) in [4.78, 5) is 24.2. The molecule has 30 heavy (non-hydrogen) atoms. The summed E-state index contributed by atoms with van der Waals surface area (Å²) in [6, 6.07) is 7.68. The lowest BCUT2D eigenvalue weighted by Crippen LogP contribution is -2.20. The standard InChI is InChI=1S/C23H24FN5O/c24-19-5-7-20(8-6-19)27-22(30)21-11-17(15-29(21)14-16-3-4-16)18-12-25-23(26-13-18)28-9-1-2-10-28/h5-8,11-13,15-16H,1-4,9-10,14H2,(H,27,30). The fraction of sp³-hybridized carbons (Fsp3) is 0.348. The summed E-state index contributed by atoms with van der Waals surface area (Å²) in [6.45, 7) is 2.83. The van der Waals surface area contributed by atoms with Crippen LogP contribution in [0.3, 0.4) is 0 Å². The molecule has 3 aromatic rings. The monoisotopic (exact) mass is 405 g/mol. The third-order valence-corrected chi connectivity index (χ3v) is 5.74. The van der Waals surface area contributed by atoms with Gasteiger partial charge in [-0.05, 0) is 61.9 Å². The van der Waals surface area contributed by atoms with Crippen LogP contribution in [0.2, 0.25) is 0 Å². The van der Waals surface area contributed by atoms with Gasteiger partial charge in [-0.3, -0.25) is 4.79 Å². The normalized spacial score (nSPS) is 16.1. The van der Waals surface area contributed by atoms with Crippen LogP contribution in [0.5, 0.6) is 0 Å². The summed E-state index contributed by atoms with van der Waals surface area (Å²) in [5.74, 6) is 0.854. The van der Waals surface area contributed by atoms with Gasteiger partial charge in [-0.2, -0.15) is 0 Å². The number of nitrogens with one attached hydrogen (secondary N) is 1. The van der Waals surface area contributed by atoms with Crippen molar-refractivity contribution < 1.29 is 9.18 Å². The molecule has 1 saturated heterocycles. The van der Waals surface area contributed by atoms with Crippen LogP contribution in [0, 0.1) is 11.7 Å². The predicted molar refractivity (Wildman–Crippen MR) is 114 cm³/mol. The van der Waals surface area contributed by atoms with Crippen molar-refractivity contribution in [2.45, 2.75) is 32.2 Å². The Balaban J connectivity index is 1.39. The molecule has 1 aromatic carbocycles. The van der Waals surface area contributed by atoms with E-state index >= 15 is 0 Å². The van der Waals surface area contributed by atoms with Crippen molar-refractivity contribution in [1.82, 2.24) is 14.5 Å². The van der Waals surface area contributed by atoms with E-state index in [1.807, 2.05) is 29.2 Å². The van der Waals surface area contributed by atoms with E-state index in [0.717, 1.165) is 36.7 Å². The number of amides is 1. The first-order chi connectivity index (χ1) is 14.7. The molecule has 0 atom stereocenters. The molecule has 6 nitrogen and oxygen atoms in total. The van der Waals surface area contributed by atoms with Crippen LogP contribution in [0.15, 0.2) is 48.9 Å². The highest BCUT2D eigenvalue weighted by Crippen LogP contribution is 2.33. The van der Waals surface area contributed by atoms with Crippen LogP contribution in [0.4, 0.5) is 16.0 Å². The van der Waals surface area contributed by atoms with Gasteiger partial charge in [0.2, 0.25) is 5.95 Å². The molecule has 1 aliphatic carbocycles. The number of halogens is 1. The summed E-state index contributed by atoms with van der Waals surface area (Å²) in [6.07, 6.45) is 10.4. The lowest BCUT2D eigenvalue weighted by atomic mass is 10.2. The van der Waals surface area contributed by atoms with Gasteiger partial charge in [-0.1, -0.05) is 0 Å². The van der Waals surface area contributed by atoms with E-state index in [0.29, 0.717) is 17.3 Å². The number of hydrogen-bond donors (Lipinski definition) is 1. The molecule has 0 spiro atoms. The number of rotatable bonds is 6. The quantitative estimate of drug-likeness (QED) is 0.662. The summed E-state index contributed by atoms with van der Waals surface area (Å²) in [5, 5.41) is 2.87. The largest absolute Gasteiger partial charge is 0.343 e. The van der Waals surface area contributed by atoms with Gasteiger partial charge in [0.05, 0.1) is 0 Å². The molecule has 2 aliphatic rings. The highest BCUT2D eigenvalue weighted by atomic mass is 19.1. The van der Waals surface area contributed by atoms with Crippen LogP contribution in [0.25, 0.3) is 11.1 Å². The molecule has 2 fully saturated rings. The Morgan fingerprint density at radius 3 is 2.43 bits per heavy atom. The van der Waals surface area contributed by atoms with Gasteiger partial charge < -0.3 is 14.8 Å². The van der Waals surface area contributed by atoms with Crippen LogP contribution < -0.4 is 10.2 Å². The summed E-state index contributed by atoms with van der Waals surface area (Å²) in [5.41, 5.74) is 2.97. The van der Waals surface area contributed by atoms with E-state index in [1.165, 1.54) is 37.8 Å². The molecule has 3 heterocycles. The van der Waals surface area contributed by atoms with Crippen molar-refractivity contribution in [1.29, 1.82) is 0 Å². The first-order valence-corrected chi connectivity index (χ1v) is 10.5. The lowest BCUT2D eigenvalue weighted by Gasteiger charge is -2.14. The van der Waals surface area contributed by atoms with Crippen molar-refractivity contribution in [3.8, 4) is 11.1 Å². The fourth-order valence-corrected chi connectivity index (χ4v) is 3.87. The zero-order valence-electron chi connectivity index (χ0n) is 16.7. The van der Waals surface area contributed by atoms with E-state index in [-0.39, 0.29) is 11.7 Å². The van der Waals surface area contributed by atoms with Crippen LogP contribution >= 0.6 is 0 Å². The summed E-state index contributed by atoms with van der Waals surface area (Å²) in [7, 11) is 0. The van der Waals surface area contributed by atoms with Crippen LogP contribution in [0.1, 0.15) is 36.2 Å². The molecule has 0 unspecified atom stereocenters. The zero-order chi connectivity index (χ0) is 20.5. The van der Waals surface area contributed by atoms with Gasteiger partial charge in [-0.25, -0.2) is 14.4 Å². The Labute approximate surface area is 174 Å². The Morgan fingerprint density at radius 2 is 1.77 bits per heavy atom. The molecular weight excluding hydrogens is 381 g/mol. The molecule has 154 valence electrons. The smallest absolute Gasteiger partial charge is 0.272 e. The Hall–Kier alpha value is -3.22. The SMILES string of the molecule is O=C(Nc1ccc(F)cc1)c1cc(-c2cnc(N3CCCC3)nc2)cn1CC1CC1. The van der Waals surface area contributed by atoms with Crippen LogP contribution in [-0.2, 0) is 6.54 Å². The van der Waals surface area contributed by atoms with E-state index < -0.39 is 0 Å². The molecule has 1 N–H and O–H groups in total. The second kappa shape index (κ2) is 7.89. The van der Waals surface area contributed by atoms with Gasteiger partial charge in [0.25, 0.3) is 5.91 Å². The number of carbonyl (C=O) groups excluding carboxylic acids is 1. The predicted octanol–water partition coefficient (Wildman–Crippen LogP) is 4.35. The fourth-order valence-electron chi connectivity index (χ4n) is 3.87. The number of nitrogens with zero attached hydrogens (tertiary/aromatic N) is 4. The van der Waals surface area contributed by atoms with E-state index in [2.05, 4.69) is 20.2 Å². The average Bonchev–Trinajstić information content (AvgIpc) is 3.24. The molecular formula is C23H24FN5O. The minimum atomic E-state index is -0.329. The molecule has 5 rings (SSSR count). The van der Waals surface area contributed by atoms with Gasteiger partial charge in [-0.15, -0.1) is 0 Å². The second-order valence-corrected chi connectivity index (χ2v) is 8.14. The van der Waals surface area contributed by atoms with Crippen molar-refractivity contribution in [2.75, 3.05) is 23.3 Å². The molecule has 0 bridgehead atoms. The number of carbonyl (C=O) groups is 1. The first kappa shape index (κ1) is 18.8.